The summed E-state index contributed by atoms with van der Waals surface area (Å²) in [5.74, 6) is 0.112. The maximum absolute atomic E-state index is 13.0. The van der Waals surface area contributed by atoms with E-state index in [0.29, 0.717) is 41.7 Å². The minimum atomic E-state index is -0.805. The van der Waals surface area contributed by atoms with Crippen molar-refractivity contribution in [3.63, 3.8) is 0 Å². The van der Waals surface area contributed by atoms with Gasteiger partial charge in [-0.1, -0.05) is 65.7 Å². The minimum absolute atomic E-state index is 0.0722. The van der Waals surface area contributed by atoms with Gasteiger partial charge >= 0.3 is 5.97 Å². The molecule has 10 heteroatoms. The number of nitrogens with two attached hydrogens (primary N) is 1. The lowest BCUT2D eigenvalue weighted by Crippen LogP contribution is -2.40. The van der Waals surface area contributed by atoms with Gasteiger partial charge in [0.1, 0.15) is 11.8 Å². The Bertz CT molecular complexity index is 1440. The van der Waals surface area contributed by atoms with Crippen LogP contribution in [-0.2, 0) is 25.5 Å². The normalized spacial score (nSPS) is 20.2. The number of halogens is 2. The number of unbranched alkanes of at least 4 members (excludes halogenated alkanes) is 1. The van der Waals surface area contributed by atoms with E-state index >= 15 is 0 Å². The molecular formula is C36H44Cl2N4O4. The van der Waals surface area contributed by atoms with Crippen LogP contribution < -0.4 is 10.6 Å². The summed E-state index contributed by atoms with van der Waals surface area (Å²) >= 11 is 12.7. The first-order valence-corrected chi connectivity index (χ1v) is 17.1. The van der Waals surface area contributed by atoms with E-state index < -0.39 is 12.0 Å². The topological polar surface area (TPSA) is 88.3 Å². The fraction of sp³-hybridized carbons (Fsp3) is 0.444. The number of carbonyl (C=O) groups is 2. The van der Waals surface area contributed by atoms with Crippen LogP contribution in [0.3, 0.4) is 0 Å². The molecule has 0 spiro atoms. The summed E-state index contributed by atoms with van der Waals surface area (Å²) < 4.78 is 11.8. The number of amides is 1. The largest absolute Gasteiger partial charge is 0.494 e. The Morgan fingerprint density at radius 3 is 2.65 bits per heavy atom. The SMILES string of the molecule is NC(Cc1ccccc1)C(=O)OCN1C(=O)CCC2=C1/C=C(OCCCCN1CCCN(c3cccc(Cl)c3Cl)CC1)\C=C/CC2. The summed E-state index contributed by atoms with van der Waals surface area (Å²) in [6, 6.07) is 14.6. The summed E-state index contributed by atoms with van der Waals surface area (Å²) in [6.45, 7) is 5.31. The molecule has 0 aromatic heterocycles. The first kappa shape index (κ1) is 34.0. The number of hydrogen-bond acceptors (Lipinski definition) is 7. The molecule has 1 unspecified atom stereocenters. The van der Waals surface area contributed by atoms with E-state index in [4.69, 9.17) is 38.4 Å². The molecule has 1 fully saturated rings. The molecule has 0 radical (unpaired) electrons. The first-order valence-electron chi connectivity index (χ1n) is 16.3. The molecule has 1 atom stereocenters. The van der Waals surface area contributed by atoms with Crippen molar-refractivity contribution >= 4 is 40.8 Å². The van der Waals surface area contributed by atoms with Gasteiger partial charge in [-0.3, -0.25) is 14.5 Å². The zero-order chi connectivity index (χ0) is 32.3. The molecule has 2 N–H and O–H groups in total. The van der Waals surface area contributed by atoms with E-state index in [0.717, 1.165) is 81.8 Å². The van der Waals surface area contributed by atoms with E-state index in [9.17, 15) is 9.59 Å². The quantitative estimate of drug-likeness (QED) is 0.205. The molecule has 246 valence electrons. The summed E-state index contributed by atoms with van der Waals surface area (Å²) in [5.41, 5.74) is 10.0. The molecule has 46 heavy (non-hydrogen) atoms. The molecule has 0 bridgehead atoms. The van der Waals surface area contributed by atoms with Gasteiger partial charge in [0, 0.05) is 37.8 Å². The second kappa shape index (κ2) is 17.0. The van der Waals surface area contributed by atoms with Gasteiger partial charge in [-0.25, -0.2) is 0 Å². The van der Waals surface area contributed by atoms with Gasteiger partial charge in [0.15, 0.2) is 6.73 Å². The Kier molecular flexibility index (Phi) is 12.6. The number of benzene rings is 2. The van der Waals surface area contributed by atoms with Crippen LogP contribution >= 0.6 is 23.2 Å². The van der Waals surface area contributed by atoms with Crippen LogP contribution in [0.5, 0.6) is 0 Å². The Hall–Kier alpha value is -3.30. The van der Waals surface area contributed by atoms with Gasteiger partial charge in [-0.15, -0.1) is 0 Å². The highest BCUT2D eigenvalue weighted by Gasteiger charge is 2.28. The van der Waals surface area contributed by atoms with E-state index in [2.05, 4.69) is 15.9 Å². The van der Waals surface area contributed by atoms with Gasteiger partial charge in [0.05, 0.1) is 22.3 Å². The molecule has 5 rings (SSSR count). The number of esters is 1. The number of rotatable bonds is 12. The minimum Gasteiger partial charge on any atom is -0.494 e. The predicted molar refractivity (Wildman–Crippen MR) is 184 cm³/mol. The Balaban J connectivity index is 1.10. The number of anilines is 1. The third kappa shape index (κ3) is 9.38. The van der Waals surface area contributed by atoms with Gasteiger partial charge in [0.25, 0.3) is 0 Å². The lowest BCUT2D eigenvalue weighted by molar-refractivity contribution is -0.152. The highest BCUT2D eigenvalue weighted by molar-refractivity contribution is 6.43. The van der Waals surface area contributed by atoms with Crippen LogP contribution in [0.1, 0.15) is 50.5 Å². The van der Waals surface area contributed by atoms with Crippen LogP contribution in [-0.4, -0.2) is 73.8 Å². The van der Waals surface area contributed by atoms with E-state index in [1.165, 1.54) is 5.57 Å². The van der Waals surface area contributed by atoms with Crippen LogP contribution in [0.25, 0.3) is 0 Å². The molecule has 3 aliphatic rings. The van der Waals surface area contributed by atoms with Crippen molar-refractivity contribution in [2.24, 2.45) is 5.73 Å². The van der Waals surface area contributed by atoms with E-state index in [1.54, 1.807) is 4.90 Å². The Morgan fingerprint density at radius 1 is 0.957 bits per heavy atom. The Morgan fingerprint density at radius 2 is 1.80 bits per heavy atom. The fourth-order valence-corrected chi connectivity index (χ4v) is 6.55. The maximum Gasteiger partial charge on any atom is 0.324 e. The second-order valence-electron chi connectivity index (χ2n) is 12.0. The fourth-order valence-electron chi connectivity index (χ4n) is 6.14. The van der Waals surface area contributed by atoms with Crippen molar-refractivity contribution in [3.8, 4) is 0 Å². The van der Waals surface area contributed by atoms with Crippen molar-refractivity contribution in [3.05, 3.63) is 99.4 Å². The zero-order valence-electron chi connectivity index (χ0n) is 26.3. The molecule has 2 aromatic carbocycles. The summed E-state index contributed by atoms with van der Waals surface area (Å²) in [5, 5.41) is 1.22. The number of hydrogen-bond donors (Lipinski definition) is 1. The number of carbonyl (C=O) groups excluding carboxylic acids is 2. The van der Waals surface area contributed by atoms with Crippen LogP contribution in [0, 0.1) is 0 Å². The molecule has 2 heterocycles. The van der Waals surface area contributed by atoms with Gasteiger partial charge < -0.3 is 25.0 Å². The summed E-state index contributed by atoms with van der Waals surface area (Å²) in [4.78, 5) is 32.1. The number of nitrogens with zero attached hydrogens (tertiary/aromatic N) is 3. The van der Waals surface area contributed by atoms with Crippen molar-refractivity contribution in [2.45, 2.75) is 57.4 Å². The second-order valence-corrected chi connectivity index (χ2v) is 12.8. The van der Waals surface area contributed by atoms with Crippen LogP contribution in [0.2, 0.25) is 10.0 Å². The smallest absolute Gasteiger partial charge is 0.324 e. The summed E-state index contributed by atoms with van der Waals surface area (Å²) in [7, 11) is 0. The highest BCUT2D eigenvalue weighted by Crippen LogP contribution is 2.33. The average Bonchev–Trinajstić information content (AvgIpc) is 3.29. The summed E-state index contributed by atoms with van der Waals surface area (Å²) in [6.07, 6.45) is 12.2. The zero-order valence-corrected chi connectivity index (χ0v) is 27.9. The van der Waals surface area contributed by atoms with Crippen LogP contribution in [0.15, 0.2) is 83.8 Å². The molecule has 1 saturated heterocycles. The van der Waals surface area contributed by atoms with Crippen molar-refractivity contribution in [1.29, 1.82) is 0 Å². The maximum atomic E-state index is 13.0. The third-order valence-electron chi connectivity index (χ3n) is 8.70. The number of ether oxygens (including phenoxy) is 2. The molecular weight excluding hydrogens is 623 g/mol. The van der Waals surface area contributed by atoms with Crippen molar-refractivity contribution < 1.29 is 19.1 Å². The number of allylic oxidation sites excluding steroid dienone is 4. The monoisotopic (exact) mass is 666 g/mol. The lowest BCUT2D eigenvalue weighted by atomic mass is 9.95. The predicted octanol–water partition coefficient (Wildman–Crippen LogP) is 6.48. The van der Waals surface area contributed by atoms with Gasteiger partial charge in [-0.2, -0.15) is 0 Å². The molecule has 2 aromatic rings. The standard InChI is InChI=1S/C36H44Cl2N4O4/c37-30-14-8-15-32(35(30)38)41-20-9-19-40(21-22-41)18-6-7-23-45-29-13-5-4-12-28-16-17-34(43)42(33(28)25-29)26-46-36(44)31(39)24-27-10-2-1-3-11-27/h1-3,5,8,10-11,13-15,25,31H,4,6-7,9,12,16-24,26,39H2/b13-5-,29-25+. The van der Waals surface area contributed by atoms with Crippen molar-refractivity contribution in [1.82, 2.24) is 9.80 Å². The van der Waals surface area contributed by atoms with Crippen LogP contribution in [0.4, 0.5) is 5.69 Å². The first-order chi connectivity index (χ1) is 22.4. The molecule has 0 saturated carbocycles. The molecule has 2 aliphatic heterocycles. The third-order valence-corrected chi connectivity index (χ3v) is 9.51. The molecule has 1 amide bonds. The average molecular weight is 668 g/mol. The Labute approximate surface area is 282 Å². The van der Waals surface area contributed by atoms with E-state index in [-0.39, 0.29) is 12.6 Å². The molecule has 8 nitrogen and oxygen atoms in total. The highest BCUT2D eigenvalue weighted by atomic mass is 35.5. The van der Waals surface area contributed by atoms with Gasteiger partial charge in [-0.05, 0) is 87.4 Å². The van der Waals surface area contributed by atoms with Crippen molar-refractivity contribution in [2.75, 3.05) is 51.0 Å². The van der Waals surface area contributed by atoms with E-state index in [1.807, 2.05) is 60.7 Å². The van der Waals surface area contributed by atoms with Gasteiger partial charge in [0.2, 0.25) is 5.91 Å². The molecule has 1 aliphatic carbocycles. The lowest BCUT2D eigenvalue weighted by Gasteiger charge is -2.31.